The van der Waals surface area contributed by atoms with Gasteiger partial charge in [-0.05, 0) is 25.3 Å². The van der Waals surface area contributed by atoms with Crippen molar-refractivity contribution in [1.82, 2.24) is 15.5 Å². The average Bonchev–Trinajstić information content (AvgIpc) is 3.13. The third kappa shape index (κ3) is 3.82. The second-order valence-corrected chi connectivity index (χ2v) is 6.42. The lowest BCUT2D eigenvalue weighted by Crippen LogP contribution is -2.33. The summed E-state index contributed by atoms with van der Waals surface area (Å²) < 4.78 is 5.33. The highest BCUT2D eigenvalue weighted by Crippen LogP contribution is 2.25. The van der Waals surface area contributed by atoms with Crippen molar-refractivity contribution in [2.24, 2.45) is 11.7 Å². The molecule has 0 unspecified atom stereocenters. The van der Waals surface area contributed by atoms with Gasteiger partial charge in [0.05, 0.1) is 0 Å². The number of nitrogens with one attached hydrogen (secondary N) is 1. The van der Waals surface area contributed by atoms with Crippen LogP contribution in [0, 0.1) is 5.92 Å². The van der Waals surface area contributed by atoms with E-state index in [9.17, 15) is 4.79 Å². The minimum absolute atomic E-state index is 0.0919. The van der Waals surface area contributed by atoms with Crippen molar-refractivity contribution in [1.29, 1.82) is 0 Å². The largest absolute Gasteiger partial charge is 0.344 e. The molecule has 1 aliphatic carbocycles. The molecule has 1 aliphatic rings. The van der Waals surface area contributed by atoms with Gasteiger partial charge >= 0.3 is 0 Å². The van der Waals surface area contributed by atoms with Gasteiger partial charge in [-0.1, -0.05) is 48.7 Å². The molecule has 6 nitrogen and oxygen atoms in total. The van der Waals surface area contributed by atoms with Crippen molar-refractivity contribution < 1.29 is 9.32 Å². The summed E-state index contributed by atoms with van der Waals surface area (Å²) >= 11 is 0. The van der Waals surface area contributed by atoms with E-state index in [2.05, 4.69) is 15.5 Å². The van der Waals surface area contributed by atoms with Crippen molar-refractivity contribution in [3.63, 3.8) is 0 Å². The predicted octanol–water partition coefficient (Wildman–Crippen LogP) is 2.95. The molecule has 128 valence electrons. The topological polar surface area (TPSA) is 94.0 Å². The van der Waals surface area contributed by atoms with Crippen molar-refractivity contribution in [3.05, 3.63) is 35.7 Å². The first-order valence-corrected chi connectivity index (χ1v) is 8.60. The molecular weight excluding hydrogens is 304 g/mol. The van der Waals surface area contributed by atoms with Gasteiger partial charge in [0.2, 0.25) is 17.6 Å². The molecule has 1 heterocycles. The number of hydrogen-bond acceptors (Lipinski definition) is 5. The van der Waals surface area contributed by atoms with E-state index < -0.39 is 0 Å². The Morgan fingerprint density at radius 1 is 1.29 bits per heavy atom. The van der Waals surface area contributed by atoms with Crippen LogP contribution in [0.15, 0.2) is 28.8 Å². The van der Waals surface area contributed by atoms with Crippen LogP contribution < -0.4 is 11.1 Å². The Morgan fingerprint density at radius 3 is 2.67 bits per heavy atom. The van der Waals surface area contributed by atoms with Gasteiger partial charge in [0.1, 0.15) is 6.04 Å². The van der Waals surface area contributed by atoms with E-state index in [-0.39, 0.29) is 17.9 Å². The minimum Gasteiger partial charge on any atom is -0.344 e. The summed E-state index contributed by atoms with van der Waals surface area (Å²) in [6, 6.07) is 7.44. The highest BCUT2D eigenvalue weighted by molar-refractivity contribution is 5.79. The maximum absolute atomic E-state index is 12.3. The van der Waals surface area contributed by atoms with Gasteiger partial charge in [0.15, 0.2) is 0 Å². The number of rotatable bonds is 5. The number of carbonyl (C=O) groups is 1. The fourth-order valence-corrected chi connectivity index (χ4v) is 3.08. The summed E-state index contributed by atoms with van der Waals surface area (Å²) in [5.74, 6) is 1.16. The third-order valence-corrected chi connectivity index (χ3v) is 4.59. The van der Waals surface area contributed by atoms with Crippen LogP contribution in [0.25, 0.3) is 11.4 Å². The molecule has 6 heteroatoms. The van der Waals surface area contributed by atoms with Crippen LogP contribution >= 0.6 is 0 Å². The van der Waals surface area contributed by atoms with Gasteiger partial charge < -0.3 is 15.6 Å². The smallest absolute Gasteiger partial charge is 0.249 e. The Kier molecular flexibility index (Phi) is 5.25. The first-order chi connectivity index (χ1) is 11.7. The second-order valence-electron chi connectivity index (χ2n) is 6.42. The standard InChI is InChI=1S/C18H24N4O2/c1-12(20-17(23)15-5-3-2-4-6-15)18-21-16(22-24-18)14-9-7-13(11-19)8-10-14/h7-10,12,15H,2-6,11,19H2,1H3,(H,20,23)/t12-/m0/s1. The molecule has 1 fully saturated rings. The number of amides is 1. The third-order valence-electron chi connectivity index (χ3n) is 4.59. The van der Waals surface area contributed by atoms with Gasteiger partial charge in [-0.25, -0.2) is 0 Å². The van der Waals surface area contributed by atoms with E-state index >= 15 is 0 Å². The lowest BCUT2D eigenvalue weighted by molar-refractivity contribution is -0.126. The molecule has 3 N–H and O–H groups in total. The molecule has 1 aromatic carbocycles. The minimum atomic E-state index is -0.288. The number of nitrogens with two attached hydrogens (primary N) is 1. The molecule has 0 spiro atoms. The van der Waals surface area contributed by atoms with Crippen LogP contribution in [0.1, 0.15) is 56.5 Å². The zero-order valence-electron chi connectivity index (χ0n) is 14.0. The summed E-state index contributed by atoms with van der Waals surface area (Å²) in [6.07, 6.45) is 5.45. The number of carbonyl (C=O) groups excluding carboxylic acids is 1. The molecule has 1 amide bonds. The Morgan fingerprint density at radius 2 is 2.00 bits per heavy atom. The molecule has 0 aliphatic heterocycles. The fraction of sp³-hybridized carbons (Fsp3) is 0.500. The highest BCUT2D eigenvalue weighted by atomic mass is 16.5. The summed E-state index contributed by atoms with van der Waals surface area (Å²) in [6.45, 7) is 2.37. The van der Waals surface area contributed by atoms with Crippen LogP contribution in [-0.4, -0.2) is 16.0 Å². The molecule has 1 atom stereocenters. The van der Waals surface area contributed by atoms with E-state index in [0.29, 0.717) is 18.3 Å². The zero-order chi connectivity index (χ0) is 16.9. The van der Waals surface area contributed by atoms with Crippen LogP contribution in [0.4, 0.5) is 0 Å². The molecule has 0 radical (unpaired) electrons. The first kappa shape index (κ1) is 16.6. The van der Waals surface area contributed by atoms with Gasteiger partial charge in [-0.3, -0.25) is 4.79 Å². The Hall–Kier alpha value is -2.21. The van der Waals surface area contributed by atoms with E-state index in [1.54, 1.807) is 0 Å². The maximum Gasteiger partial charge on any atom is 0.249 e. The monoisotopic (exact) mass is 328 g/mol. The quantitative estimate of drug-likeness (QED) is 0.880. The first-order valence-electron chi connectivity index (χ1n) is 8.60. The summed E-state index contributed by atoms with van der Waals surface area (Å²) in [4.78, 5) is 16.7. The molecule has 24 heavy (non-hydrogen) atoms. The second kappa shape index (κ2) is 7.57. The molecule has 0 saturated heterocycles. The summed E-state index contributed by atoms with van der Waals surface area (Å²) in [5.41, 5.74) is 7.52. The summed E-state index contributed by atoms with van der Waals surface area (Å²) in [5, 5.41) is 7.01. The zero-order valence-corrected chi connectivity index (χ0v) is 14.0. The highest BCUT2D eigenvalue weighted by Gasteiger charge is 2.24. The molecular formula is C18H24N4O2. The van der Waals surface area contributed by atoms with Gasteiger partial charge in [0, 0.05) is 18.0 Å². The number of nitrogens with zero attached hydrogens (tertiary/aromatic N) is 2. The van der Waals surface area contributed by atoms with Crippen molar-refractivity contribution in [2.75, 3.05) is 0 Å². The summed E-state index contributed by atoms with van der Waals surface area (Å²) in [7, 11) is 0. The van der Waals surface area contributed by atoms with Crippen LogP contribution in [0.3, 0.4) is 0 Å². The van der Waals surface area contributed by atoms with Gasteiger partial charge in [0.25, 0.3) is 0 Å². The van der Waals surface area contributed by atoms with E-state index in [0.717, 1.165) is 36.8 Å². The normalized spacial score (nSPS) is 16.8. The van der Waals surface area contributed by atoms with E-state index in [1.807, 2.05) is 31.2 Å². The predicted molar refractivity (Wildman–Crippen MR) is 90.8 cm³/mol. The SMILES string of the molecule is C[C@H](NC(=O)C1CCCCC1)c1nc(-c2ccc(CN)cc2)no1. The maximum atomic E-state index is 12.3. The van der Waals surface area contributed by atoms with Crippen molar-refractivity contribution in [3.8, 4) is 11.4 Å². The van der Waals surface area contributed by atoms with E-state index in [4.69, 9.17) is 10.3 Å². The molecule has 0 bridgehead atoms. The molecule has 1 saturated carbocycles. The van der Waals surface area contributed by atoms with Crippen molar-refractivity contribution in [2.45, 2.75) is 51.6 Å². The molecule has 3 rings (SSSR count). The Bertz CT molecular complexity index is 675. The van der Waals surface area contributed by atoms with Crippen LogP contribution in [0.2, 0.25) is 0 Å². The molecule has 2 aromatic rings. The lowest BCUT2D eigenvalue weighted by Gasteiger charge is -2.22. The number of aromatic nitrogens is 2. The Balaban J connectivity index is 1.64. The van der Waals surface area contributed by atoms with Crippen LogP contribution in [0.5, 0.6) is 0 Å². The average molecular weight is 328 g/mol. The van der Waals surface area contributed by atoms with Gasteiger partial charge in [-0.15, -0.1) is 0 Å². The van der Waals surface area contributed by atoms with E-state index in [1.165, 1.54) is 6.42 Å². The lowest BCUT2D eigenvalue weighted by atomic mass is 9.88. The van der Waals surface area contributed by atoms with Crippen molar-refractivity contribution >= 4 is 5.91 Å². The van der Waals surface area contributed by atoms with Gasteiger partial charge in [-0.2, -0.15) is 4.98 Å². The number of hydrogen-bond donors (Lipinski definition) is 2. The fourth-order valence-electron chi connectivity index (χ4n) is 3.08. The molecule has 1 aromatic heterocycles. The number of benzene rings is 1. The Labute approximate surface area is 141 Å². The van der Waals surface area contributed by atoms with Crippen LogP contribution in [-0.2, 0) is 11.3 Å².